The first-order valence-corrected chi connectivity index (χ1v) is 5.89. The molecule has 94 valence electrons. The van der Waals surface area contributed by atoms with Gasteiger partial charge in [0.05, 0.1) is 18.1 Å². The number of methoxy groups -OCH3 is 1. The molecule has 16 heavy (non-hydrogen) atoms. The normalized spacial score (nSPS) is 30.2. The van der Waals surface area contributed by atoms with Crippen molar-refractivity contribution in [3.63, 3.8) is 0 Å². The molecule has 0 aromatic heterocycles. The molecule has 0 saturated carbocycles. The van der Waals surface area contributed by atoms with Gasteiger partial charge in [-0.1, -0.05) is 6.92 Å². The zero-order valence-electron chi connectivity index (χ0n) is 10.4. The van der Waals surface area contributed by atoms with E-state index < -0.39 is 11.0 Å². The molecule has 1 N–H and O–H groups in total. The highest BCUT2D eigenvalue weighted by molar-refractivity contribution is 5.77. The molecule has 0 aliphatic carbocycles. The van der Waals surface area contributed by atoms with Gasteiger partial charge in [0.1, 0.15) is 0 Å². The lowest BCUT2D eigenvalue weighted by Crippen LogP contribution is -2.51. The molecule has 2 unspecified atom stereocenters. The summed E-state index contributed by atoms with van der Waals surface area (Å²) in [6.45, 7) is 4.84. The van der Waals surface area contributed by atoms with Gasteiger partial charge in [0.25, 0.3) is 0 Å². The summed E-state index contributed by atoms with van der Waals surface area (Å²) in [7, 11) is 1.37. The predicted molar refractivity (Wildman–Crippen MR) is 60.0 cm³/mol. The third kappa shape index (κ3) is 2.23. The van der Waals surface area contributed by atoms with Gasteiger partial charge >= 0.3 is 5.97 Å². The minimum Gasteiger partial charge on any atom is -0.469 e. The maximum atomic E-state index is 11.9. The number of carbonyl (C=O) groups is 1. The van der Waals surface area contributed by atoms with Crippen molar-refractivity contribution in [3.05, 3.63) is 0 Å². The lowest BCUT2D eigenvalue weighted by atomic mass is 9.67. The summed E-state index contributed by atoms with van der Waals surface area (Å²) in [5, 5.41) is 10.7. The molecule has 4 nitrogen and oxygen atoms in total. The monoisotopic (exact) mass is 230 g/mol. The summed E-state index contributed by atoms with van der Waals surface area (Å²) in [5.41, 5.74) is -1.85. The van der Waals surface area contributed by atoms with Crippen molar-refractivity contribution in [1.29, 1.82) is 0 Å². The van der Waals surface area contributed by atoms with Gasteiger partial charge in [-0.05, 0) is 26.2 Å². The summed E-state index contributed by atoms with van der Waals surface area (Å²) >= 11 is 0. The number of carbonyl (C=O) groups excluding carboxylic acids is 1. The van der Waals surface area contributed by atoms with E-state index in [-0.39, 0.29) is 5.97 Å². The third-order valence-corrected chi connectivity index (χ3v) is 3.91. The van der Waals surface area contributed by atoms with Gasteiger partial charge in [-0.2, -0.15) is 0 Å². The molecule has 0 amide bonds. The van der Waals surface area contributed by atoms with Gasteiger partial charge in [0.15, 0.2) is 0 Å². The van der Waals surface area contributed by atoms with Crippen LogP contribution in [0.3, 0.4) is 0 Å². The van der Waals surface area contributed by atoms with Crippen LogP contribution in [0.15, 0.2) is 0 Å². The first-order valence-electron chi connectivity index (χ1n) is 5.89. The first kappa shape index (κ1) is 13.5. The Hall–Kier alpha value is -0.610. The van der Waals surface area contributed by atoms with Gasteiger partial charge in [-0.25, -0.2) is 0 Å². The van der Waals surface area contributed by atoms with Crippen LogP contribution in [-0.2, 0) is 14.3 Å². The van der Waals surface area contributed by atoms with E-state index in [0.717, 1.165) is 6.42 Å². The minimum atomic E-state index is -1.01. The standard InChI is InChI=1S/C12H22O4/c1-4-11(2,10(13)15-3)12(14)6-5-8-16-9-7-12/h14H,4-9H2,1-3H3. The highest BCUT2D eigenvalue weighted by Gasteiger charge is 2.51. The Morgan fingerprint density at radius 1 is 1.50 bits per heavy atom. The van der Waals surface area contributed by atoms with E-state index in [4.69, 9.17) is 9.47 Å². The highest BCUT2D eigenvalue weighted by atomic mass is 16.5. The summed E-state index contributed by atoms with van der Waals surface area (Å²) in [6.07, 6.45) is 2.43. The highest BCUT2D eigenvalue weighted by Crippen LogP contribution is 2.42. The molecule has 1 fully saturated rings. The number of ether oxygens (including phenoxy) is 2. The topological polar surface area (TPSA) is 55.8 Å². The maximum absolute atomic E-state index is 11.9. The molecule has 1 rings (SSSR count). The Balaban J connectivity index is 2.95. The zero-order valence-corrected chi connectivity index (χ0v) is 10.4. The van der Waals surface area contributed by atoms with Crippen LogP contribution in [0.4, 0.5) is 0 Å². The van der Waals surface area contributed by atoms with E-state index in [9.17, 15) is 9.90 Å². The third-order valence-electron chi connectivity index (χ3n) is 3.91. The average Bonchev–Trinajstić information content (AvgIpc) is 2.52. The fourth-order valence-electron chi connectivity index (χ4n) is 2.38. The molecule has 1 heterocycles. The van der Waals surface area contributed by atoms with Crippen LogP contribution in [0.25, 0.3) is 0 Å². The van der Waals surface area contributed by atoms with Gasteiger partial charge in [0.2, 0.25) is 0 Å². The molecule has 0 radical (unpaired) electrons. The van der Waals surface area contributed by atoms with Crippen LogP contribution in [0.1, 0.15) is 39.5 Å². The molecule has 0 spiro atoms. The smallest absolute Gasteiger partial charge is 0.314 e. The van der Waals surface area contributed by atoms with E-state index in [1.165, 1.54) is 7.11 Å². The van der Waals surface area contributed by atoms with Gasteiger partial charge in [-0.15, -0.1) is 0 Å². The van der Waals surface area contributed by atoms with Crippen LogP contribution < -0.4 is 0 Å². The largest absolute Gasteiger partial charge is 0.469 e. The van der Waals surface area contributed by atoms with Crippen LogP contribution in [0.5, 0.6) is 0 Å². The fourth-order valence-corrected chi connectivity index (χ4v) is 2.38. The van der Waals surface area contributed by atoms with Gasteiger partial charge in [0, 0.05) is 19.6 Å². The second-order valence-corrected chi connectivity index (χ2v) is 4.67. The predicted octanol–water partition coefficient (Wildman–Crippen LogP) is 1.51. The number of esters is 1. The number of rotatable bonds is 3. The van der Waals surface area contributed by atoms with Crippen molar-refractivity contribution < 1.29 is 19.4 Å². The van der Waals surface area contributed by atoms with Crippen LogP contribution >= 0.6 is 0 Å². The van der Waals surface area contributed by atoms with E-state index in [1.807, 2.05) is 6.92 Å². The number of hydrogen-bond acceptors (Lipinski definition) is 4. The van der Waals surface area contributed by atoms with E-state index in [0.29, 0.717) is 32.5 Å². The Labute approximate surface area is 96.9 Å². The van der Waals surface area contributed by atoms with Crippen molar-refractivity contribution in [2.75, 3.05) is 20.3 Å². The summed E-state index contributed by atoms with van der Waals surface area (Å²) in [4.78, 5) is 11.9. The van der Waals surface area contributed by atoms with Gasteiger partial charge < -0.3 is 14.6 Å². The van der Waals surface area contributed by atoms with Crippen molar-refractivity contribution in [1.82, 2.24) is 0 Å². The van der Waals surface area contributed by atoms with Crippen molar-refractivity contribution >= 4 is 5.97 Å². The Morgan fingerprint density at radius 3 is 2.75 bits per heavy atom. The minimum absolute atomic E-state index is 0.334. The van der Waals surface area contributed by atoms with Crippen LogP contribution in [0, 0.1) is 5.41 Å². The fraction of sp³-hybridized carbons (Fsp3) is 0.917. The molecular formula is C12H22O4. The maximum Gasteiger partial charge on any atom is 0.314 e. The number of aliphatic hydroxyl groups is 1. The van der Waals surface area contributed by atoms with E-state index in [1.54, 1.807) is 6.92 Å². The number of hydrogen-bond donors (Lipinski definition) is 1. The molecule has 4 heteroatoms. The summed E-state index contributed by atoms with van der Waals surface area (Å²) in [6, 6.07) is 0. The Bertz CT molecular complexity index is 243. The van der Waals surface area contributed by atoms with E-state index in [2.05, 4.69) is 0 Å². The molecule has 1 saturated heterocycles. The van der Waals surface area contributed by atoms with Crippen molar-refractivity contribution in [2.45, 2.75) is 45.1 Å². The summed E-state index contributed by atoms with van der Waals surface area (Å²) < 4.78 is 10.2. The first-order chi connectivity index (χ1) is 7.50. The van der Waals surface area contributed by atoms with Crippen molar-refractivity contribution in [2.24, 2.45) is 5.41 Å². The lowest BCUT2D eigenvalue weighted by Gasteiger charge is -2.41. The average molecular weight is 230 g/mol. The van der Waals surface area contributed by atoms with Crippen LogP contribution in [-0.4, -0.2) is 37.0 Å². The molecule has 2 atom stereocenters. The molecule has 0 bridgehead atoms. The van der Waals surface area contributed by atoms with E-state index >= 15 is 0 Å². The molecule has 0 aromatic carbocycles. The van der Waals surface area contributed by atoms with Crippen LogP contribution in [0.2, 0.25) is 0 Å². The van der Waals surface area contributed by atoms with Crippen molar-refractivity contribution in [3.8, 4) is 0 Å². The van der Waals surface area contributed by atoms with Gasteiger partial charge in [-0.3, -0.25) is 4.79 Å². The Kier molecular flexibility index (Phi) is 4.33. The quantitative estimate of drug-likeness (QED) is 0.747. The second-order valence-electron chi connectivity index (χ2n) is 4.67. The Morgan fingerprint density at radius 2 is 2.19 bits per heavy atom. The SMILES string of the molecule is CCC(C)(C(=O)OC)C1(O)CCCOCC1. The molecule has 0 aromatic rings. The zero-order chi connectivity index (χ0) is 12.2. The molecule has 1 aliphatic heterocycles. The summed E-state index contributed by atoms with van der Waals surface area (Å²) in [5.74, 6) is -0.334. The molecule has 1 aliphatic rings. The molecular weight excluding hydrogens is 208 g/mol. The second kappa shape index (κ2) is 5.15. The lowest BCUT2D eigenvalue weighted by molar-refractivity contribution is -0.173.